The number of urea groups is 1. The largest absolute Gasteiger partial charge is 0.435 e. The highest BCUT2D eigenvalue weighted by Gasteiger charge is 2.36. The smallest absolute Gasteiger partial charge is 0.334 e. The van der Waals surface area contributed by atoms with Crippen LogP contribution in [-0.2, 0) is 33.4 Å². The lowest BCUT2D eigenvalue weighted by atomic mass is 10.1. The van der Waals surface area contributed by atoms with Gasteiger partial charge in [-0.15, -0.1) is 0 Å². The zero-order valence-corrected chi connectivity index (χ0v) is 13.9. The SMILES string of the molecule is Cn1cc(CNC(=O)NCc2c(C3CC3)cnn2C)c(C(F)(F)F)n1. The lowest BCUT2D eigenvalue weighted by Crippen LogP contribution is -2.35. The maximum Gasteiger partial charge on any atom is 0.435 e. The fourth-order valence-corrected chi connectivity index (χ4v) is 2.74. The van der Waals surface area contributed by atoms with Crippen molar-refractivity contribution in [3.05, 3.63) is 34.9 Å². The number of amides is 2. The molecule has 0 radical (unpaired) electrons. The molecule has 0 unspecified atom stereocenters. The van der Waals surface area contributed by atoms with Crippen LogP contribution in [0.15, 0.2) is 12.4 Å². The van der Waals surface area contributed by atoms with E-state index in [1.54, 1.807) is 17.9 Å². The van der Waals surface area contributed by atoms with Crippen molar-refractivity contribution in [1.29, 1.82) is 0 Å². The minimum absolute atomic E-state index is 0.0793. The van der Waals surface area contributed by atoms with Crippen molar-refractivity contribution in [2.75, 3.05) is 0 Å². The summed E-state index contributed by atoms with van der Waals surface area (Å²) in [5.74, 6) is 0.498. The summed E-state index contributed by atoms with van der Waals surface area (Å²) in [4.78, 5) is 11.9. The molecular formula is C15H19F3N6O. The number of alkyl halides is 3. The van der Waals surface area contributed by atoms with Crippen LogP contribution in [-0.4, -0.2) is 25.6 Å². The first-order chi connectivity index (χ1) is 11.8. The molecule has 2 heterocycles. The molecule has 2 amide bonds. The van der Waals surface area contributed by atoms with Gasteiger partial charge >= 0.3 is 12.2 Å². The Hall–Kier alpha value is -2.52. The Morgan fingerprint density at radius 1 is 1.28 bits per heavy atom. The summed E-state index contributed by atoms with van der Waals surface area (Å²) in [6.45, 7) is 0.0166. The van der Waals surface area contributed by atoms with Gasteiger partial charge in [0.2, 0.25) is 0 Å². The van der Waals surface area contributed by atoms with Gasteiger partial charge in [0, 0.05) is 32.4 Å². The highest BCUT2D eigenvalue weighted by atomic mass is 19.4. The van der Waals surface area contributed by atoms with Gasteiger partial charge in [0.15, 0.2) is 5.69 Å². The van der Waals surface area contributed by atoms with Crippen molar-refractivity contribution in [2.45, 2.75) is 38.0 Å². The maximum atomic E-state index is 12.9. The normalized spacial score (nSPS) is 14.6. The Bertz CT molecular complexity index is 775. The molecule has 0 aromatic carbocycles. The van der Waals surface area contributed by atoms with Crippen LogP contribution in [0, 0.1) is 0 Å². The van der Waals surface area contributed by atoms with Crippen molar-refractivity contribution < 1.29 is 18.0 Å². The number of carbonyl (C=O) groups is 1. The van der Waals surface area contributed by atoms with Crippen molar-refractivity contribution in [1.82, 2.24) is 30.2 Å². The predicted octanol–water partition coefficient (Wildman–Crippen LogP) is 2.05. The van der Waals surface area contributed by atoms with Crippen LogP contribution < -0.4 is 10.6 Å². The second kappa shape index (κ2) is 6.41. The molecule has 0 aliphatic heterocycles. The molecule has 3 rings (SSSR count). The van der Waals surface area contributed by atoms with E-state index >= 15 is 0 Å². The molecule has 0 atom stereocenters. The third kappa shape index (κ3) is 3.94. The average molecular weight is 356 g/mol. The lowest BCUT2D eigenvalue weighted by molar-refractivity contribution is -0.142. The summed E-state index contributed by atoms with van der Waals surface area (Å²) in [6.07, 6.45) is 0.730. The quantitative estimate of drug-likeness (QED) is 0.861. The summed E-state index contributed by atoms with van der Waals surface area (Å²) in [5.41, 5.74) is 0.965. The van der Waals surface area contributed by atoms with Gasteiger partial charge in [0.25, 0.3) is 0 Å². The summed E-state index contributed by atoms with van der Waals surface area (Å²) in [5, 5.41) is 12.7. The van der Waals surface area contributed by atoms with Gasteiger partial charge in [-0.25, -0.2) is 4.79 Å². The molecule has 7 nitrogen and oxygen atoms in total. The number of hydrogen-bond acceptors (Lipinski definition) is 3. The minimum atomic E-state index is -4.55. The Labute approximate surface area is 142 Å². The van der Waals surface area contributed by atoms with Gasteiger partial charge < -0.3 is 10.6 Å². The Morgan fingerprint density at radius 2 is 1.96 bits per heavy atom. The molecule has 2 N–H and O–H groups in total. The first kappa shape index (κ1) is 17.3. The highest BCUT2D eigenvalue weighted by molar-refractivity contribution is 5.73. The van der Waals surface area contributed by atoms with E-state index in [2.05, 4.69) is 20.8 Å². The Kier molecular flexibility index (Phi) is 4.44. The molecule has 136 valence electrons. The lowest BCUT2D eigenvalue weighted by Gasteiger charge is -2.10. The number of aromatic nitrogens is 4. The molecule has 1 aliphatic carbocycles. The average Bonchev–Trinajstić information content (AvgIpc) is 3.19. The van der Waals surface area contributed by atoms with Crippen LogP contribution in [0.25, 0.3) is 0 Å². The van der Waals surface area contributed by atoms with E-state index in [4.69, 9.17) is 0 Å². The number of nitrogens with one attached hydrogen (secondary N) is 2. The number of carbonyl (C=O) groups excluding carboxylic acids is 1. The van der Waals surface area contributed by atoms with Gasteiger partial charge in [-0.05, 0) is 24.3 Å². The number of aryl methyl sites for hydroxylation is 2. The van der Waals surface area contributed by atoms with E-state index in [1.807, 2.05) is 0 Å². The van der Waals surface area contributed by atoms with Crippen LogP contribution in [0.3, 0.4) is 0 Å². The van der Waals surface area contributed by atoms with Gasteiger partial charge in [-0.3, -0.25) is 9.36 Å². The fraction of sp³-hybridized carbons (Fsp3) is 0.533. The van der Waals surface area contributed by atoms with Gasteiger partial charge in [0.05, 0.1) is 18.4 Å². The zero-order valence-electron chi connectivity index (χ0n) is 13.9. The molecule has 10 heteroatoms. The molecule has 1 aliphatic rings. The van der Waals surface area contributed by atoms with Gasteiger partial charge in [0.1, 0.15) is 0 Å². The van der Waals surface area contributed by atoms with Crippen LogP contribution in [0.1, 0.15) is 41.3 Å². The third-order valence-corrected chi connectivity index (χ3v) is 4.14. The number of halogens is 3. The Morgan fingerprint density at radius 3 is 2.60 bits per heavy atom. The molecule has 0 spiro atoms. The first-order valence-electron chi connectivity index (χ1n) is 7.88. The van der Waals surface area contributed by atoms with E-state index in [0.717, 1.165) is 28.8 Å². The molecular weight excluding hydrogens is 337 g/mol. The predicted molar refractivity (Wildman–Crippen MR) is 82.5 cm³/mol. The molecule has 2 aromatic heterocycles. The molecule has 25 heavy (non-hydrogen) atoms. The van der Waals surface area contributed by atoms with Crippen molar-refractivity contribution in [3.63, 3.8) is 0 Å². The fourth-order valence-electron chi connectivity index (χ4n) is 2.74. The highest BCUT2D eigenvalue weighted by Crippen LogP contribution is 2.41. The molecule has 2 aromatic rings. The van der Waals surface area contributed by atoms with Crippen LogP contribution in [0.2, 0.25) is 0 Å². The topological polar surface area (TPSA) is 76.8 Å². The van der Waals surface area contributed by atoms with E-state index < -0.39 is 17.9 Å². The van der Waals surface area contributed by atoms with Crippen LogP contribution in [0.5, 0.6) is 0 Å². The molecule has 0 saturated heterocycles. The van der Waals surface area contributed by atoms with Crippen molar-refractivity contribution >= 4 is 6.03 Å². The van der Waals surface area contributed by atoms with E-state index in [0.29, 0.717) is 5.92 Å². The number of rotatable bonds is 5. The summed E-state index contributed by atoms with van der Waals surface area (Å²) >= 11 is 0. The summed E-state index contributed by atoms with van der Waals surface area (Å²) < 4.78 is 41.4. The van der Waals surface area contributed by atoms with E-state index in [-0.39, 0.29) is 18.7 Å². The molecule has 0 bridgehead atoms. The summed E-state index contributed by atoms with van der Waals surface area (Å²) in [6, 6.07) is -0.542. The number of nitrogens with zero attached hydrogens (tertiary/aromatic N) is 4. The molecule has 1 saturated carbocycles. The van der Waals surface area contributed by atoms with Crippen LogP contribution in [0.4, 0.5) is 18.0 Å². The standard InChI is InChI=1S/C15H19F3N6O/c1-23-8-10(13(22-23)15(16,17)18)5-19-14(25)20-7-12-11(9-3-4-9)6-21-24(12)2/h6,8-9H,3-5,7H2,1-2H3,(H2,19,20,25). The van der Waals surface area contributed by atoms with Gasteiger partial charge in [-0.1, -0.05) is 0 Å². The monoisotopic (exact) mass is 356 g/mol. The second-order valence-corrected chi connectivity index (χ2v) is 6.16. The molecule has 1 fully saturated rings. The van der Waals surface area contributed by atoms with Crippen molar-refractivity contribution in [3.8, 4) is 0 Å². The van der Waals surface area contributed by atoms with Gasteiger partial charge in [-0.2, -0.15) is 23.4 Å². The summed E-state index contributed by atoms with van der Waals surface area (Å²) in [7, 11) is 3.20. The van der Waals surface area contributed by atoms with E-state index in [9.17, 15) is 18.0 Å². The van der Waals surface area contributed by atoms with Crippen LogP contribution >= 0.6 is 0 Å². The Balaban J connectivity index is 1.57. The van der Waals surface area contributed by atoms with Crippen molar-refractivity contribution in [2.24, 2.45) is 14.1 Å². The second-order valence-electron chi connectivity index (χ2n) is 6.16. The minimum Gasteiger partial charge on any atom is -0.334 e. The third-order valence-electron chi connectivity index (χ3n) is 4.14. The number of hydrogen-bond donors (Lipinski definition) is 2. The zero-order chi connectivity index (χ0) is 18.2. The first-order valence-corrected chi connectivity index (χ1v) is 7.88. The van der Waals surface area contributed by atoms with E-state index in [1.165, 1.54) is 13.2 Å². The maximum absolute atomic E-state index is 12.9.